The fourth-order valence-electron chi connectivity index (χ4n) is 2.32. The van der Waals surface area contributed by atoms with E-state index in [-0.39, 0.29) is 22.2 Å². The summed E-state index contributed by atoms with van der Waals surface area (Å²) in [7, 11) is -2.51. The third kappa shape index (κ3) is 6.92. The van der Waals surface area contributed by atoms with Crippen LogP contribution in [0.25, 0.3) is 0 Å². The highest BCUT2D eigenvalue weighted by molar-refractivity contribution is 7.87. The van der Waals surface area contributed by atoms with E-state index in [1.165, 1.54) is 54.4 Å². The molecule has 0 bridgehead atoms. The lowest BCUT2D eigenvalue weighted by Gasteiger charge is -2.26. The van der Waals surface area contributed by atoms with Crippen molar-refractivity contribution in [3.8, 4) is 5.75 Å². The Bertz CT molecular complexity index is 954. The van der Waals surface area contributed by atoms with Crippen molar-refractivity contribution in [3.05, 3.63) is 59.1 Å². The maximum atomic E-state index is 12.3. The molecule has 2 aromatic rings. The topological polar surface area (TPSA) is 93.1 Å². The molecule has 0 radical (unpaired) electrons. The van der Waals surface area contributed by atoms with E-state index in [1.807, 2.05) is 0 Å². The smallest absolute Gasteiger partial charge is 0.410 e. The van der Waals surface area contributed by atoms with Gasteiger partial charge in [-0.3, -0.25) is 0 Å². The number of carbonyl (C=O) groups is 1. The maximum Gasteiger partial charge on any atom is 0.410 e. The molecule has 7 nitrogen and oxygen atoms in total. The summed E-state index contributed by atoms with van der Waals surface area (Å²) < 4.78 is 35.0. The molecule has 0 aliphatic rings. The van der Waals surface area contributed by atoms with Crippen molar-refractivity contribution in [2.24, 2.45) is 0 Å². The van der Waals surface area contributed by atoms with Gasteiger partial charge < -0.3 is 18.9 Å². The highest BCUT2D eigenvalue weighted by Crippen LogP contribution is 2.23. The molecule has 0 aliphatic carbocycles. The van der Waals surface area contributed by atoms with Crippen LogP contribution in [0.1, 0.15) is 32.4 Å². The van der Waals surface area contributed by atoms with Gasteiger partial charge in [-0.15, -0.1) is 0 Å². The number of ether oxygens (including phenoxy) is 1. The largest absolute Gasteiger partial charge is 0.444 e. The lowest BCUT2D eigenvalue weighted by atomic mass is 10.1. The Morgan fingerprint density at radius 3 is 2.34 bits per heavy atom. The van der Waals surface area contributed by atoms with Crippen molar-refractivity contribution in [2.75, 3.05) is 13.6 Å². The van der Waals surface area contributed by atoms with Gasteiger partial charge >= 0.3 is 16.2 Å². The molecule has 0 saturated heterocycles. The zero-order valence-corrected chi connectivity index (χ0v) is 18.2. The van der Waals surface area contributed by atoms with Crippen molar-refractivity contribution in [2.45, 2.75) is 37.4 Å². The molecular weight excluding hydrogens is 418 g/mol. The van der Waals surface area contributed by atoms with Crippen molar-refractivity contribution >= 4 is 27.8 Å². The van der Waals surface area contributed by atoms with Gasteiger partial charge in [-0.25, -0.2) is 4.79 Å². The number of hydrogen-bond acceptors (Lipinski definition) is 6. The molecule has 2 rings (SSSR count). The van der Waals surface area contributed by atoms with Crippen LogP contribution >= 0.6 is 11.6 Å². The van der Waals surface area contributed by atoms with E-state index in [1.54, 1.807) is 26.8 Å². The Morgan fingerprint density at radius 2 is 1.79 bits per heavy atom. The van der Waals surface area contributed by atoms with E-state index >= 15 is 0 Å². The third-order valence-corrected chi connectivity index (χ3v) is 5.19. The number of benzene rings is 2. The molecule has 1 unspecified atom stereocenters. The van der Waals surface area contributed by atoms with E-state index in [4.69, 9.17) is 20.5 Å². The summed E-state index contributed by atoms with van der Waals surface area (Å²) in [6.45, 7) is 5.28. The van der Waals surface area contributed by atoms with Gasteiger partial charge in [0.2, 0.25) is 0 Å². The van der Waals surface area contributed by atoms with Gasteiger partial charge in [0.05, 0.1) is 12.6 Å². The summed E-state index contributed by atoms with van der Waals surface area (Å²) in [6.07, 6.45) is -1.53. The first kappa shape index (κ1) is 23.0. The summed E-state index contributed by atoms with van der Waals surface area (Å²) in [6, 6.07) is 11.6. The molecule has 9 heteroatoms. The van der Waals surface area contributed by atoms with E-state index < -0.39 is 27.9 Å². The summed E-state index contributed by atoms with van der Waals surface area (Å²) >= 11 is 5.82. The van der Waals surface area contributed by atoms with Gasteiger partial charge in [-0.1, -0.05) is 29.8 Å². The quantitative estimate of drug-likeness (QED) is 0.681. The predicted octanol–water partition coefficient (Wildman–Crippen LogP) is 4.01. The Hall–Kier alpha value is -2.29. The molecule has 2 aromatic carbocycles. The minimum atomic E-state index is -4.03. The first-order valence-corrected chi connectivity index (χ1v) is 10.6. The molecule has 0 saturated carbocycles. The second-order valence-electron chi connectivity index (χ2n) is 7.44. The number of likely N-dealkylation sites (N-methyl/N-ethyl adjacent to an activating group) is 1. The van der Waals surface area contributed by atoms with Gasteiger partial charge in [-0.05, 0) is 56.7 Å². The van der Waals surface area contributed by atoms with Crippen LogP contribution in [0.3, 0.4) is 0 Å². The highest BCUT2D eigenvalue weighted by Gasteiger charge is 2.22. The lowest BCUT2D eigenvalue weighted by Crippen LogP contribution is -2.36. The zero-order chi connectivity index (χ0) is 21.8. The molecule has 0 heterocycles. The van der Waals surface area contributed by atoms with Gasteiger partial charge in [0.1, 0.15) is 16.2 Å². The van der Waals surface area contributed by atoms with E-state index in [9.17, 15) is 18.3 Å². The van der Waals surface area contributed by atoms with E-state index in [0.29, 0.717) is 5.56 Å². The number of aliphatic hydroxyl groups excluding tert-OH is 1. The molecule has 1 N–H and O–H groups in total. The standard InChI is InChI=1S/C20H24ClNO6S/c1-20(2,3)27-19(24)22(4)13-18(23)14-8-10-16(11-9-14)28-29(25,26)17-7-5-6-15(21)12-17/h5-12,18,23H,13H2,1-4H3. The molecule has 0 spiro atoms. The van der Waals surface area contributed by atoms with Crippen molar-refractivity contribution in [1.29, 1.82) is 0 Å². The van der Waals surface area contributed by atoms with E-state index in [0.717, 1.165) is 0 Å². The summed E-state index contributed by atoms with van der Waals surface area (Å²) in [5.41, 5.74) is -0.142. The Morgan fingerprint density at radius 1 is 1.17 bits per heavy atom. The monoisotopic (exact) mass is 441 g/mol. The number of nitrogens with zero attached hydrogens (tertiary/aromatic N) is 1. The van der Waals surface area contributed by atoms with Crippen LogP contribution in [-0.2, 0) is 14.9 Å². The van der Waals surface area contributed by atoms with Crippen LogP contribution in [0.2, 0.25) is 5.02 Å². The Labute approximate surface area is 175 Å². The highest BCUT2D eigenvalue weighted by atomic mass is 35.5. The number of aliphatic hydroxyl groups is 1. The number of rotatable bonds is 6. The predicted molar refractivity (Wildman–Crippen MR) is 110 cm³/mol. The molecule has 158 valence electrons. The molecular formula is C20H24ClNO6S. The number of carbonyl (C=O) groups excluding carboxylic acids is 1. The van der Waals surface area contributed by atoms with Gasteiger partial charge in [0.15, 0.2) is 0 Å². The van der Waals surface area contributed by atoms with Crippen LogP contribution in [0.4, 0.5) is 4.79 Å². The summed E-state index contributed by atoms with van der Waals surface area (Å²) in [5.74, 6) is 0.0847. The molecule has 0 aromatic heterocycles. The molecule has 0 fully saturated rings. The molecule has 0 aliphatic heterocycles. The first-order valence-electron chi connectivity index (χ1n) is 8.79. The third-order valence-electron chi connectivity index (χ3n) is 3.71. The summed E-state index contributed by atoms with van der Waals surface area (Å²) in [5, 5.41) is 10.6. The summed E-state index contributed by atoms with van der Waals surface area (Å²) in [4.78, 5) is 13.2. The zero-order valence-electron chi connectivity index (χ0n) is 16.6. The second kappa shape index (κ2) is 9.02. The Balaban J connectivity index is 2.03. The van der Waals surface area contributed by atoms with Gasteiger partial charge in [0.25, 0.3) is 0 Å². The van der Waals surface area contributed by atoms with Crippen LogP contribution in [0, 0.1) is 0 Å². The average molecular weight is 442 g/mol. The van der Waals surface area contributed by atoms with Crippen molar-refractivity contribution in [3.63, 3.8) is 0 Å². The van der Waals surface area contributed by atoms with Crippen LogP contribution in [-0.4, -0.2) is 43.7 Å². The number of halogens is 1. The van der Waals surface area contributed by atoms with Crippen molar-refractivity contribution < 1.29 is 27.2 Å². The minimum Gasteiger partial charge on any atom is -0.444 e. The molecule has 29 heavy (non-hydrogen) atoms. The van der Waals surface area contributed by atoms with Crippen LogP contribution in [0.5, 0.6) is 5.75 Å². The fraction of sp³-hybridized carbons (Fsp3) is 0.350. The van der Waals surface area contributed by atoms with Crippen LogP contribution < -0.4 is 4.18 Å². The maximum absolute atomic E-state index is 12.3. The van der Waals surface area contributed by atoms with Crippen molar-refractivity contribution in [1.82, 2.24) is 4.90 Å². The van der Waals surface area contributed by atoms with Crippen LogP contribution in [0.15, 0.2) is 53.4 Å². The number of hydrogen-bond donors (Lipinski definition) is 1. The SMILES string of the molecule is CN(CC(O)c1ccc(OS(=O)(=O)c2cccc(Cl)c2)cc1)C(=O)OC(C)(C)C. The second-order valence-corrected chi connectivity index (χ2v) is 9.42. The lowest BCUT2D eigenvalue weighted by molar-refractivity contribution is 0.0205. The Kier molecular flexibility index (Phi) is 7.15. The average Bonchev–Trinajstić information content (AvgIpc) is 2.60. The fourth-order valence-corrected chi connectivity index (χ4v) is 3.55. The van der Waals surface area contributed by atoms with Gasteiger partial charge in [-0.2, -0.15) is 8.42 Å². The molecule has 1 amide bonds. The normalized spacial score (nSPS) is 12.9. The van der Waals surface area contributed by atoms with Gasteiger partial charge in [0, 0.05) is 12.1 Å². The van der Waals surface area contributed by atoms with E-state index in [2.05, 4.69) is 0 Å². The first-order chi connectivity index (χ1) is 13.4. The number of amides is 1. The minimum absolute atomic E-state index is 0.00985. The molecule has 1 atom stereocenters.